The highest BCUT2D eigenvalue weighted by molar-refractivity contribution is 5.99. The monoisotopic (exact) mass is 505 g/mol. The van der Waals surface area contributed by atoms with E-state index in [-0.39, 0.29) is 42.1 Å². The highest BCUT2D eigenvalue weighted by Gasteiger charge is 2.53. The van der Waals surface area contributed by atoms with Crippen molar-refractivity contribution in [3.63, 3.8) is 0 Å². The molecule has 3 N–H and O–H groups in total. The number of nitrogens with two attached hydrogens (primary N) is 1. The number of nitrogens with zero attached hydrogens (tertiary/aromatic N) is 3. The molecule has 1 aromatic heterocycles. The molecule has 3 heterocycles. The van der Waals surface area contributed by atoms with Crippen molar-refractivity contribution in [2.75, 3.05) is 7.11 Å². The summed E-state index contributed by atoms with van der Waals surface area (Å²) < 4.78 is 11.5. The Labute approximate surface area is 217 Å². The standard InChI is InChI=1S/C28H35N5O4/c1-27(2)13-23(34)33(26(29)32-27)24(16-10-17(36-5)15-30-14-16)19-11-20(19)25(35)31-21-12-28(3,4)37-22-9-7-6-8-18(21)22/h6-10,14-15,19-21,24H,11-13H2,1-5H3,(H2,29,32)(H,31,35)/t19?,20-,21+,24-/m1/s1. The molecule has 1 aliphatic carbocycles. The van der Waals surface area contributed by atoms with E-state index in [1.165, 1.54) is 0 Å². The van der Waals surface area contributed by atoms with Crippen molar-refractivity contribution >= 4 is 17.8 Å². The lowest BCUT2D eigenvalue weighted by Gasteiger charge is -2.38. The van der Waals surface area contributed by atoms with Crippen molar-refractivity contribution in [3.8, 4) is 11.5 Å². The second-order valence-electron chi connectivity index (χ2n) is 11.5. The van der Waals surface area contributed by atoms with Crippen LogP contribution in [0, 0.1) is 11.8 Å². The van der Waals surface area contributed by atoms with Gasteiger partial charge in [-0.25, -0.2) is 4.99 Å². The number of rotatable bonds is 6. The van der Waals surface area contributed by atoms with Gasteiger partial charge in [0.15, 0.2) is 5.96 Å². The Hall–Kier alpha value is -3.62. The first kappa shape index (κ1) is 25.0. The van der Waals surface area contributed by atoms with Crippen molar-refractivity contribution < 1.29 is 19.1 Å². The molecule has 1 aromatic carbocycles. The van der Waals surface area contributed by atoms with Gasteiger partial charge in [-0.1, -0.05) is 18.2 Å². The van der Waals surface area contributed by atoms with Crippen LogP contribution in [0.4, 0.5) is 0 Å². The third kappa shape index (κ3) is 4.99. The van der Waals surface area contributed by atoms with Gasteiger partial charge < -0.3 is 20.5 Å². The van der Waals surface area contributed by atoms with Crippen LogP contribution in [0.1, 0.15) is 70.2 Å². The minimum absolute atomic E-state index is 0.0383. The number of hydrogen-bond donors (Lipinski definition) is 2. The summed E-state index contributed by atoms with van der Waals surface area (Å²) in [5, 5.41) is 3.27. The molecule has 196 valence electrons. The van der Waals surface area contributed by atoms with E-state index < -0.39 is 17.2 Å². The highest BCUT2D eigenvalue weighted by Crippen LogP contribution is 2.52. The van der Waals surface area contributed by atoms with Gasteiger partial charge in [-0.2, -0.15) is 0 Å². The number of ether oxygens (including phenoxy) is 2. The summed E-state index contributed by atoms with van der Waals surface area (Å²) in [6, 6.07) is 9.05. The molecule has 0 radical (unpaired) electrons. The predicted octanol–water partition coefficient (Wildman–Crippen LogP) is 3.51. The van der Waals surface area contributed by atoms with Gasteiger partial charge in [-0.05, 0) is 57.7 Å². The number of pyridine rings is 1. The molecule has 2 aliphatic heterocycles. The molecule has 9 heteroatoms. The molecule has 5 rings (SSSR count). The minimum Gasteiger partial charge on any atom is -0.495 e. The molecule has 4 atom stereocenters. The molecule has 37 heavy (non-hydrogen) atoms. The van der Waals surface area contributed by atoms with Crippen molar-refractivity contribution in [2.24, 2.45) is 22.6 Å². The molecule has 1 unspecified atom stereocenters. The number of guanidine groups is 1. The number of aromatic nitrogens is 1. The van der Waals surface area contributed by atoms with E-state index in [1.807, 2.05) is 58.0 Å². The van der Waals surface area contributed by atoms with Crippen molar-refractivity contribution in [1.29, 1.82) is 0 Å². The summed E-state index contributed by atoms with van der Waals surface area (Å²) in [5.41, 5.74) is 7.14. The number of hydrogen-bond acceptors (Lipinski definition) is 7. The maximum Gasteiger partial charge on any atom is 0.232 e. The van der Waals surface area contributed by atoms with Gasteiger partial charge >= 0.3 is 0 Å². The van der Waals surface area contributed by atoms with Crippen LogP contribution in [0.3, 0.4) is 0 Å². The van der Waals surface area contributed by atoms with Gasteiger partial charge in [0, 0.05) is 24.1 Å². The normalized spacial score (nSPS) is 26.3. The zero-order valence-corrected chi connectivity index (χ0v) is 22.0. The first-order valence-corrected chi connectivity index (χ1v) is 12.7. The first-order chi connectivity index (χ1) is 17.5. The molecule has 2 aromatic rings. The number of fused-ring (bicyclic) bond motifs is 1. The Morgan fingerprint density at radius 3 is 2.73 bits per heavy atom. The summed E-state index contributed by atoms with van der Waals surface area (Å²) in [5.74, 6) is 0.980. The molecular weight excluding hydrogens is 470 g/mol. The number of carbonyl (C=O) groups excluding carboxylic acids is 2. The van der Waals surface area contributed by atoms with Gasteiger partial charge in [0.25, 0.3) is 0 Å². The topological polar surface area (TPSA) is 119 Å². The average molecular weight is 506 g/mol. The van der Waals surface area contributed by atoms with Crippen LogP contribution in [0.25, 0.3) is 0 Å². The molecule has 9 nitrogen and oxygen atoms in total. The van der Waals surface area contributed by atoms with Gasteiger partial charge in [0.2, 0.25) is 11.8 Å². The van der Waals surface area contributed by atoms with E-state index in [4.69, 9.17) is 15.2 Å². The largest absolute Gasteiger partial charge is 0.495 e. The molecule has 1 saturated carbocycles. The van der Waals surface area contributed by atoms with Gasteiger partial charge in [0.05, 0.1) is 37.4 Å². The fraction of sp³-hybridized carbons (Fsp3) is 0.500. The van der Waals surface area contributed by atoms with Crippen LogP contribution < -0.4 is 20.5 Å². The fourth-order valence-corrected chi connectivity index (χ4v) is 5.66. The zero-order valence-electron chi connectivity index (χ0n) is 22.0. The third-order valence-electron chi connectivity index (χ3n) is 7.38. The summed E-state index contributed by atoms with van der Waals surface area (Å²) in [7, 11) is 1.57. The van der Waals surface area contributed by atoms with Crippen molar-refractivity contribution in [1.82, 2.24) is 15.2 Å². The van der Waals surface area contributed by atoms with Crippen molar-refractivity contribution in [2.45, 2.75) is 70.2 Å². The lowest BCUT2D eigenvalue weighted by molar-refractivity contribution is -0.132. The van der Waals surface area contributed by atoms with E-state index >= 15 is 0 Å². The van der Waals surface area contributed by atoms with Crippen LogP contribution in [0.5, 0.6) is 11.5 Å². The van der Waals surface area contributed by atoms with E-state index in [9.17, 15) is 9.59 Å². The molecule has 0 saturated heterocycles. The van der Waals surface area contributed by atoms with E-state index in [2.05, 4.69) is 15.3 Å². The number of benzene rings is 1. The minimum atomic E-state index is -0.571. The highest BCUT2D eigenvalue weighted by atomic mass is 16.5. The molecule has 0 bridgehead atoms. The summed E-state index contributed by atoms with van der Waals surface area (Å²) in [4.78, 5) is 37.3. The number of amides is 2. The number of carbonyl (C=O) groups is 2. The molecule has 2 amide bonds. The third-order valence-corrected chi connectivity index (χ3v) is 7.38. The Morgan fingerprint density at radius 1 is 1.24 bits per heavy atom. The van der Waals surface area contributed by atoms with Crippen LogP contribution in [0.2, 0.25) is 0 Å². The summed E-state index contributed by atoms with van der Waals surface area (Å²) in [6.07, 6.45) is 4.84. The zero-order chi connectivity index (χ0) is 26.5. The summed E-state index contributed by atoms with van der Waals surface area (Å²) >= 11 is 0. The Kier molecular flexibility index (Phi) is 6.12. The smallest absolute Gasteiger partial charge is 0.232 e. The van der Waals surface area contributed by atoms with Gasteiger partial charge in [-0.3, -0.25) is 19.5 Å². The van der Waals surface area contributed by atoms with Crippen LogP contribution >= 0.6 is 0 Å². The number of para-hydroxylation sites is 1. The second-order valence-corrected chi connectivity index (χ2v) is 11.5. The SMILES string of the molecule is COc1cncc([C@H](C2C[C@H]2C(=O)N[C@H]2CC(C)(C)Oc3ccccc32)N2C(=O)CC(C)(C)N=C2N)c1. The number of aliphatic imine (C=N–C) groups is 1. The van der Waals surface area contributed by atoms with Crippen LogP contribution in [-0.4, -0.2) is 45.9 Å². The second kappa shape index (κ2) is 9.04. The molecular formula is C28H35N5O4. The van der Waals surface area contributed by atoms with Crippen LogP contribution in [0.15, 0.2) is 47.7 Å². The first-order valence-electron chi connectivity index (χ1n) is 12.7. The number of methoxy groups -OCH3 is 1. The van der Waals surface area contributed by atoms with Gasteiger partial charge in [0.1, 0.15) is 17.1 Å². The predicted molar refractivity (Wildman–Crippen MR) is 139 cm³/mol. The van der Waals surface area contributed by atoms with E-state index in [1.54, 1.807) is 24.4 Å². The fourth-order valence-electron chi connectivity index (χ4n) is 5.66. The van der Waals surface area contributed by atoms with E-state index in [0.717, 1.165) is 16.9 Å². The lowest BCUT2D eigenvalue weighted by Crippen LogP contribution is -2.52. The Bertz CT molecular complexity index is 1260. The average Bonchev–Trinajstić information content (AvgIpc) is 3.60. The lowest BCUT2D eigenvalue weighted by atomic mass is 9.89. The van der Waals surface area contributed by atoms with E-state index in [0.29, 0.717) is 18.6 Å². The molecule has 1 fully saturated rings. The Balaban J connectivity index is 1.42. The van der Waals surface area contributed by atoms with Crippen LogP contribution in [-0.2, 0) is 9.59 Å². The molecule has 0 spiro atoms. The van der Waals surface area contributed by atoms with Gasteiger partial charge in [-0.15, -0.1) is 0 Å². The summed E-state index contributed by atoms with van der Waals surface area (Å²) in [6.45, 7) is 7.83. The Morgan fingerprint density at radius 2 is 2.00 bits per heavy atom. The molecule has 3 aliphatic rings. The number of nitrogens with one attached hydrogen (secondary N) is 1. The quantitative estimate of drug-likeness (QED) is 0.620. The maximum absolute atomic E-state index is 13.6. The maximum atomic E-state index is 13.6. The van der Waals surface area contributed by atoms with Crippen molar-refractivity contribution in [3.05, 3.63) is 53.9 Å².